The predicted octanol–water partition coefficient (Wildman–Crippen LogP) is 1.85. The lowest BCUT2D eigenvalue weighted by Crippen LogP contribution is -2.48. The van der Waals surface area contributed by atoms with Crippen LogP contribution in [0.3, 0.4) is 0 Å². The first kappa shape index (κ1) is 26.4. The number of nitrogen functional groups attached to an aromatic ring is 1. The Morgan fingerprint density at radius 3 is 2.29 bits per heavy atom. The number of rotatable bonds is 8. The molecule has 1 atom stereocenters. The molecule has 1 aliphatic rings. The van der Waals surface area contributed by atoms with Crippen molar-refractivity contribution < 1.29 is 18.0 Å². The first-order chi connectivity index (χ1) is 16.4. The maximum Gasteiger partial charge on any atom is 0.243 e. The van der Waals surface area contributed by atoms with Gasteiger partial charge in [-0.3, -0.25) is 15.0 Å². The number of hydrogen-bond acceptors (Lipinski definition) is 5. The Morgan fingerprint density at radius 1 is 1.09 bits per heavy atom. The van der Waals surface area contributed by atoms with Gasteiger partial charge in [-0.2, -0.15) is 0 Å². The summed E-state index contributed by atoms with van der Waals surface area (Å²) >= 11 is 0. The van der Waals surface area contributed by atoms with Crippen molar-refractivity contribution in [3.8, 4) is 0 Å². The second-order valence-corrected chi connectivity index (χ2v) is 11.4. The van der Waals surface area contributed by atoms with Crippen LogP contribution in [-0.4, -0.2) is 50.1 Å². The van der Waals surface area contributed by atoms with Crippen LogP contribution in [0, 0.1) is 5.41 Å². The monoisotopic (exact) mass is 499 g/mol. The lowest BCUT2D eigenvalue weighted by Gasteiger charge is -2.24. The van der Waals surface area contributed by atoms with Crippen LogP contribution in [0.5, 0.6) is 0 Å². The molecule has 1 saturated heterocycles. The van der Waals surface area contributed by atoms with Gasteiger partial charge in [0.05, 0.1) is 11.4 Å². The van der Waals surface area contributed by atoms with Crippen molar-refractivity contribution in [1.82, 2.24) is 14.9 Å². The van der Waals surface area contributed by atoms with Gasteiger partial charge >= 0.3 is 0 Å². The fourth-order valence-electron chi connectivity index (χ4n) is 3.92. The van der Waals surface area contributed by atoms with Gasteiger partial charge in [0.1, 0.15) is 11.9 Å². The Balaban J connectivity index is 1.56. The molecular formula is C25H33N5O4S. The standard InChI is InChI=1S/C25H33N5O4S/c1-25(2,3)19-10-12-20(13-11-19)35(33,34)29-16-22(31)30-14-4-5-21(30)24(32)28-15-17-6-8-18(9-7-17)23(26)27/h6-13,21,29H,4-5,14-16H2,1-3H3,(H3,26,27)(H,28,32)/t21-/m0/s1. The topological polar surface area (TPSA) is 145 Å². The third-order valence-electron chi connectivity index (χ3n) is 6.05. The van der Waals surface area contributed by atoms with Gasteiger partial charge in [0.15, 0.2) is 0 Å². The second-order valence-electron chi connectivity index (χ2n) is 9.67. The molecule has 0 aliphatic carbocycles. The first-order valence-corrected chi connectivity index (χ1v) is 13.0. The summed E-state index contributed by atoms with van der Waals surface area (Å²) in [5.74, 6) is -0.756. The summed E-state index contributed by atoms with van der Waals surface area (Å²) < 4.78 is 27.7. The van der Waals surface area contributed by atoms with Gasteiger partial charge in [0.2, 0.25) is 21.8 Å². The molecule has 0 bridgehead atoms. The quantitative estimate of drug-likeness (QED) is 0.323. The molecule has 0 radical (unpaired) electrons. The summed E-state index contributed by atoms with van der Waals surface area (Å²) in [6.45, 7) is 6.37. The molecule has 10 heteroatoms. The van der Waals surface area contributed by atoms with E-state index in [1.54, 1.807) is 36.4 Å². The van der Waals surface area contributed by atoms with Gasteiger partial charge in [-0.1, -0.05) is 57.2 Å². The number of carbonyl (C=O) groups is 2. The largest absolute Gasteiger partial charge is 0.384 e. The van der Waals surface area contributed by atoms with Crippen molar-refractivity contribution in [3.05, 3.63) is 65.2 Å². The molecule has 188 valence electrons. The summed E-state index contributed by atoms with van der Waals surface area (Å²) in [5.41, 5.74) is 7.79. The SMILES string of the molecule is CC(C)(C)c1ccc(S(=O)(=O)NCC(=O)N2CCC[C@H]2C(=O)NCc2ccc(C(=N)N)cc2)cc1. The number of amides is 2. The van der Waals surface area contributed by atoms with Crippen LogP contribution in [0.15, 0.2) is 53.4 Å². The van der Waals surface area contributed by atoms with E-state index in [9.17, 15) is 18.0 Å². The Labute approximate surface area is 206 Å². The second kappa shape index (κ2) is 10.6. The van der Waals surface area contributed by atoms with Crippen LogP contribution in [-0.2, 0) is 31.6 Å². The normalized spacial score (nSPS) is 16.2. The highest BCUT2D eigenvalue weighted by Crippen LogP contribution is 2.23. The lowest BCUT2D eigenvalue weighted by molar-refractivity contribution is -0.137. The van der Waals surface area contributed by atoms with Crippen LogP contribution in [0.2, 0.25) is 0 Å². The van der Waals surface area contributed by atoms with E-state index in [-0.39, 0.29) is 28.6 Å². The highest BCUT2D eigenvalue weighted by atomic mass is 32.2. The number of sulfonamides is 1. The fraction of sp³-hybridized carbons (Fsp3) is 0.400. The molecule has 9 nitrogen and oxygen atoms in total. The number of amidine groups is 1. The number of likely N-dealkylation sites (tertiary alicyclic amines) is 1. The third kappa shape index (κ3) is 6.67. The van der Waals surface area contributed by atoms with Gasteiger partial charge in [-0.05, 0) is 41.5 Å². The minimum Gasteiger partial charge on any atom is -0.384 e. The van der Waals surface area contributed by atoms with E-state index in [0.29, 0.717) is 24.9 Å². The number of benzene rings is 2. The number of nitrogens with zero attached hydrogens (tertiary/aromatic N) is 1. The molecule has 3 rings (SSSR count). The lowest BCUT2D eigenvalue weighted by atomic mass is 9.87. The van der Waals surface area contributed by atoms with E-state index in [2.05, 4.69) is 10.0 Å². The van der Waals surface area contributed by atoms with E-state index in [4.69, 9.17) is 11.1 Å². The molecule has 1 heterocycles. The third-order valence-corrected chi connectivity index (χ3v) is 7.47. The number of carbonyl (C=O) groups excluding carboxylic acids is 2. The molecule has 0 saturated carbocycles. The number of nitrogens with one attached hydrogen (secondary N) is 3. The molecule has 2 aromatic rings. The van der Waals surface area contributed by atoms with Crippen molar-refractivity contribution in [2.24, 2.45) is 5.73 Å². The smallest absolute Gasteiger partial charge is 0.243 e. The first-order valence-electron chi connectivity index (χ1n) is 11.5. The average molecular weight is 500 g/mol. The van der Waals surface area contributed by atoms with Crippen molar-refractivity contribution in [2.45, 2.75) is 56.5 Å². The Bertz CT molecular complexity index is 1190. The maximum atomic E-state index is 12.8. The molecule has 5 N–H and O–H groups in total. The van der Waals surface area contributed by atoms with Crippen LogP contribution in [0.1, 0.15) is 50.3 Å². The van der Waals surface area contributed by atoms with Crippen LogP contribution >= 0.6 is 0 Å². The Hall–Kier alpha value is -3.24. The molecule has 0 spiro atoms. The molecule has 35 heavy (non-hydrogen) atoms. The van der Waals surface area contributed by atoms with Crippen molar-refractivity contribution in [3.63, 3.8) is 0 Å². The van der Waals surface area contributed by atoms with Crippen LogP contribution < -0.4 is 15.8 Å². The van der Waals surface area contributed by atoms with Gasteiger partial charge in [0, 0.05) is 18.7 Å². The summed E-state index contributed by atoms with van der Waals surface area (Å²) in [6, 6.07) is 12.9. The van der Waals surface area contributed by atoms with Crippen LogP contribution in [0.25, 0.3) is 0 Å². The highest BCUT2D eigenvalue weighted by Gasteiger charge is 2.34. The fourth-order valence-corrected chi connectivity index (χ4v) is 4.90. The molecule has 1 fully saturated rings. The van der Waals surface area contributed by atoms with E-state index < -0.39 is 28.5 Å². The number of nitrogens with two attached hydrogens (primary N) is 1. The van der Waals surface area contributed by atoms with Gasteiger partial charge < -0.3 is 16.0 Å². The molecule has 0 aromatic heterocycles. The van der Waals surface area contributed by atoms with Crippen LogP contribution in [0.4, 0.5) is 0 Å². The molecular weight excluding hydrogens is 466 g/mol. The summed E-state index contributed by atoms with van der Waals surface area (Å²) in [5, 5.41) is 10.3. The predicted molar refractivity (Wildman–Crippen MR) is 134 cm³/mol. The van der Waals surface area contributed by atoms with Gasteiger partial charge in [-0.15, -0.1) is 0 Å². The van der Waals surface area contributed by atoms with Gasteiger partial charge in [-0.25, -0.2) is 13.1 Å². The maximum absolute atomic E-state index is 12.8. The van der Waals surface area contributed by atoms with Gasteiger partial charge in [0.25, 0.3) is 0 Å². The average Bonchev–Trinajstić information content (AvgIpc) is 3.31. The summed E-state index contributed by atoms with van der Waals surface area (Å²) in [7, 11) is -3.86. The minimum absolute atomic E-state index is 0.0294. The van der Waals surface area contributed by atoms with Crippen molar-refractivity contribution in [2.75, 3.05) is 13.1 Å². The van der Waals surface area contributed by atoms with E-state index in [1.165, 1.54) is 17.0 Å². The minimum atomic E-state index is -3.86. The Morgan fingerprint density at radius 2 is 1.71 bits per heavy atom. The van der Waals surface area contributed by atoms with E-state index in [0.717, 1.165) is 11.1 Å². The van der Waals surface area contributed by atoms with Crippen molar-refractivity contribution in [1.29, 1.82) is 5.41 Å². The molecule has 2 amide bonds. The van der Waals surface area contributed by atoms with E-state index in [1.807, 2.05) is 20.8 Å². The summed E-state index contributed by atoms with van der Waals surface area (Å²) in [6.07, 6.45) is 1.18. The zero-order chi connectivity index (χ0) is 25.8. The zero-order valence-corrected chi connectivity index (χ0v) is 21.1. The highest BCUT2D eigenvalue weighted by molar-refractivity contribution is 7.89. The van der Waals surface area contributed by atoms with Crippen molar-refractivity contribution >= 4 is 27.7 Å². The molecule has 2 aromatic carbocycles. The molecule has 1 aliphatic heterocycles. The molecule has 0 unspecified atom stereocenters. The van der Waals surface area contributed by atoms with E-state index >= 15 is 0 Å². The Kier molecular flexibility index (Phi) is 7.97. The number of hydrogen-bond donors (Lipinski definition) is 4. The summed E-state index contributed by atoms with van der Waals surface area (Å²) in [4.78, 5) is 27.1. The zero-order valence-electron chi connectivity index (χ0n) is 20.3.